The first-order valence-electron chi connectivity index (χ1n) is 8.71. The zero-order chi connectivity index (χ0) is 20.9. The molecule has 0 aliphatic heterocycles. The average molecular weight is 401 g/mol. The van der Waals surface area contributed by atoms with Crippen LogP contribution in [0.2, 0.25) is 5.02 Å². The molecule has 2 N–H and O–H groups in total. The first-order valence-corrected chi connectivity index (χ1v) is 9.09. The summed E-state index contributed by atoms with van der Waals surface area (Å²) in [6, 6.07) is 17.2. The molecule has 0 radical (unpaired) electrons. The second-order valence-corrected chi connectivity index (χ2v) is 6.09. The number of amides is 2. The van der Waals surface area contributed by atoms with Crippen LogP contribution in [0.1, 0.15) is 18.1 Å². The molecule has 0 spiro atoms. The van der Waals surface area contributed by atoms with Gasteiger partial charge in [-0.1, -0.05) is 62.0 Å². The lowest BCUT2D eigenvalue weighted by atomic mass is 10.2. The largest absolute Gasteiger partial charge is 0.452 e. The Morgan fingerprint density at radius 3 is 2.14 bits per heavy atom. The van der Waals surface area contributed by atoms with Gasteiger partial charge in [0.15, 0.2) is 5.76 Å². The predicted molar refractivity (Wildman–Crippen MR) is 114 cm³/mol. The summed E-state index contributed by atoms with van der Waals surface area (Å²) >= 11 is 5.77. The van der Waals surface area contributed by atoms with Gasteiger partial charge in [-0.15, -0.1) is 0 Å². The van der Waals surface area contributed by atoms with Gasteiger partial charge in [0.2, 0.25) is 5.91 Å². The quantitative estimate of drug-likeness (QED) is 0.546. The number of halogens is 1. The normalized spacial score (nSPS) is 9.39. The number of aryl methyl sites for hydroxylation is 1. The monoisotopic (exact) mass is 400 g/mol. The van der Waals surface area contributed by atoms with Gasteiger partial charge in [0.25, 0.3) is 5.91 Å². The number of nitrogens with one attached hydrogen (secondary N) is 2. The zero-order valence-electron chi connectivity index (χ0n) is 16.1. The fourth-order valence-electron chi connectivity index (χ4n) is 1.95. The molecule has 0 bridgehead atoms. The number of hydrogen-bond acceptors (Lipinski definition) is 3. The van der Waals surface area contributed by atoms with Gasteiger partial charge < -0.3 is 15.4 Å². The lowest BCUT2D eigenvalue weighted by molar-refractivity contribution is -0.125. The van der Waals surface area contributed by atoms with Crippen molar-refractivity contribution in [3.05, 3.63) is 89.7 Å². The summed E-state index contributed by atoms with van der Waals surface area (Å²) in [5.74, 6) is -0.776. The molecule has 0 aliphatic carbocycles. The number of benzene rings is 2. The van der Waals surface area contributed by atoms with Crippen LogP contribution in [0.25, 0.3) is 5.76 Å². The van der Waals surface area contributed by atoms with E-state index in [2.05, 4.69) is 55.0 Å². The highest BCUT2D eigenvalue weighted by Gasteiger charge is 2.12. The molecule has 6 heteroatoms. The molecule has 148 valence electrons. The molecule has 0 atom stereocenters. The molecule has 2 amide bonds. The van der Waals surface area contributed by atoms with Gasteiger partial charge in [-0.3, -0.25) is 9.59 Å². The van der Waals surface area contributed by atoms with Crippen LogP contribution in [0, 0.1) is 0 Å². The van der Waals surface area contributed by atoms with Crippen LogP contribution in [0.3, 0.4) is 0 Å². The van der Waals surface area contributed by atoms with Crippen molar-refractivity contribution in [3.8, 4) is 0 Å². The van der Waals surface area contributed by atoms with Gasteiger partial charge in [-0.2, -0.15) is 0 Å². The smallest absolute Gasteiger partial charge is 0.286 e. The van der Waals surface area contributed by atoms with E-state index in [1.54, 1.807) is 24.3 Å². The van der Waals surface area contributed by atoms with E-state index in [1.807, 2.05) is 6.07 Å². The van der Waals surface area contributed by atoms with E-state index in [0.717, 1.165) is 6.42 Å². The molecule has 2 aromatic carbocycles. The maximum absolute atomic E-state index is 11.6. The Kier molecular flexibility index (Phi) is 10.1. The summed E-state index contributed by atoms with van der Waals surface area (Å²) in [4.78, 5) is 22.6. The Labute approximate surface area is 171 Å². The number of rotatable bonds is 7. The number of ether oxygens (including phenoxy) is 1. The SMILES string of the molecule is C=C(OC(=C)c1ccc(Cl)cc1)C(=O)NCC(=O)NC.CCc1ccccc1. The minimum atomic E-state index is -0.580. The van der Waals surface area contributed by atoms with E-state index in [-0.39, 0.29) is 24.0 Å². The standard InChI is InChI=1S/C14H15ClN2O3.C8H10/c1-9(11-4-6-12(15)7-5-11)20-10(2)14(19)17-8-13(18)16-3;1-2-8-6-4-3-5-7-8/h4-7H,1-2,8H2,3H3,(H,16,18)(H,17,19);3-7H,2H2,1H3. The number of hydrogen-bond donors (Lipinski definition) is 2. The Bertz CT molecular complexity index is 802. The first-order chi connectivity index (χ1) is 13.4. The minimum Gasteiger partial charge on any atom is -0.452 e. The van der Waals surface area contributed by atoms with Gasteiger partial charge in [0.05, 0.1) is 6.54 Å². The van der Waals surface area contributed by atoms with Crippen LogP contribution in [0.4, 0.5) is 0 Å². The molecule has 2 aromatic rings. The first kappa shape index (κ1) is 23.0. The summed E-state index contributed by atoms with van der Waals surface area (Å²) in [7, 11) is 1.47. The van der Waals surface area contributed by atoms with Gasteiger partial charge in [0, 0.05) is 17.6 Å². The van der Waals surface area contributed by atoms with Crippen LogP contribution in [0.5, 0.6) is 0 Å². The molecular weight excluding hydrogens is 376 g/mol. The molecule has 0 saturated carbocycles. The van der Waals surface area contributed by atoms with Crippen LogP contribution in [-0.4, -0.2) is 25.4 Å². The van der Waals surface area contributed by atoms with Gasteiger partial charge in [0.1, 0.15) is 5.76 Å². The van der Waals surface area contributed by atoms with E-state index < -0.39 is 5.91 Å². The van der Waals surface area contributed by atoms with Crippen LogP contribution < -0.4 is 10.6 Å². The molecule has 5 nitrogen and oxygen atoms in total. The van der Waals surface area contributed by atoms with Crippen molar-refractivity contribution in [3.63, 3.8) is 0 Å². The van der Waals surface area contributed by atoms with Crippen LogP contribution >= 0.6 is 11.6 Å². The molecule has 0 saturated heterocycles. The lowest BCUT2D eigenvalue weighted by Crippen LogP contribution is -2.36. The molecule has 0 aliphatic rings. The summed E-state index contributed by atoms with van der Waals surface area (Å²) in [6.45, 7) is 9.21. The van der Waals surface area contributed by atoms with Gasteiger partial charge in [-0.25, -0.2) is 0 Å². The van der Waals surface area contributed by atoms with Crippen molar-refractivity contribution in [1.29, 1.82) is 0 Å². The Morgan fingerprint density at radius 1 is 1.04 bits per heavy atom. The highest BCUT2D eigenvalue weighted by atomic mass is 35.5. The second kappa shape index (κ2) is 12.4. The van der Waals surface area contributed by atoms with Gasteiger partial charge >= 0.3 is 0 Å². The zero-order valence-corrected chi connectivity index (χ0v) is 16.9. The fraction of sp³-hybridized carbons (Fsp3) is 0.182. The van der Waals surface area contributed by atoms with Crippen molar-refractivity contribution >= 4 is 29.2 Å². The number of carbonyl (C=O) groups excluding carboxylic acids is 2. The Morgan fingerprint density at radius 2 is 1.64 bits per heavy atom. The van der Waals surface area contributed by atoms with E-state index in [9.17, 15) is 9.59 Å². The third-order valence-electron chi connectivity index (χ3n) is 3.61. The van der Waals surface area contributed by atoms with Crippen molar-refractivity contribution < 1.29 is 14.3 Å². The molecule has 0 aromatic heterocycles. The highest BCUT2D eigenvalue weighted by molar-refractivity contribution is 6.30. The Balaban J connectivity index is 0.000000406. The maximum Gasteiger partial charge on any atom is 0.286 e. The topological polar surface area (TPSA) is 67.4 Å². The van der Waals surface area contributed by atoms with E-state index in [4.69, 9.17) is 16.3 Å². The fourth-order valence-corrected chi connectivity index (χ4v) is 2.08. The predicted octanol–water partition coefficient (Wildman–Crippen LogP) is 3.95. The average Bonchev–Trinajstić information content (AvgIpc) is 2.73. The molecule has 2 rings (SSSR count). The summed E-state index contributed by atoms with van der Waals surface area (Å²) < 4.78 is 5.23. The third-order valence-corrected chi connectivity index (χ3v) is 3.86. The summed E-state index contributed by atoms with van der Waals surface area (Å²) in [5.41, 5.74) is 2.09. The molecular formula is C22H25ClN2O3. The Hall–Kier alpha value is -3.05. The molecule has 28 heavy (non-hydrogen) atoms. The van der Waals surface area contributed by atoms with E-state index in [1.165, 1.54) is 12.6 Å². The number of carbonyl (C=O) groups is 2. The van der Waals surface area contributed by atoms with Crippen LogP contribution in [-0.2, 0) is 20.7 Å². The lowest BCUT2D eigenvalue weighted by Gasteiger charge is -2.11. The van der Waals surface area contributed by atoms with Crippen molar-refractivity contribution in [2.75, 3.05) is 13.6 Å². The van der Waals surface area contributed by atoms with Crippen molar-refractivity contribution in [1.82, 2.24) is 10.6 Å². The van der Waals surface area contributed by atoms with E-state index >= 15 is 0 Å². The molecule has 0 unspecified atom stereocenters. The molecule has 0 heterocycles. The number of likely N-dealkylation sites (N-methyl/N-ethyl adjacent to an activating group) is 1. The second-order valence-electron chi connectivity index (χ2n) is 5.65. The van der Waals surface area contributed by atoms with Crippen molar-refractivity contribution in [2.45, 2.75) is 13.3 Å². The van der Waals surface area contributed by atoms with Crippen LogP contribution in [0.15, 0.2) is 73.5 Å². The minimum absolute atomic E-state index is 0.145. The molecule has 0 fully saturated rings. The summed E-state index contributed by atoms with van der Waals surface area (Å²) in [5, 5.41) is 5.33. The van der Waals surface area contributed by atoms with Crippen molar-refractivity contribution in [2.24, 2.45) is 0 Å². The highest BCUT2D eigenvalue weighted by Crippen LogP contribution is 2.19. The van der Waals surface area contributed by atoms with Gasteiger partial charge in [-0.05, 0) is 36.2 Å². The third kappa shape index (κ3) is 8.56. The maximum atomic E-state index is 11.6. The summed E-state index contributed by atoms with van der Waals surface area (Å²) in [6.07, 6.45) is 1.14. The van der Waals surface area contributed by atoms with E-state index in [0.29, 0.717) is 10.6 Å².